The summed E-state index contributed by atoms with van der Waals surface area (Å²) in [6.45, 7) is 1.88. The highest BCUT2D eigenvalue weighted by Gasteiger charge is 2.25. The van der Waals surface area contributed by atoms with Crippen LogP contribution in [0.3, 0.4) is 0 Å². The minimum Gasteiger partial charge on any atom is -0.369 e. The van der Waals surface area contributed by atoms with E-state index >= 15 is 0 Å². The van der Waals surface area contributed by atoms with Crippen LogP contribution in [0.25, 0.3) is 0 Å². The van der Waals surface area contributed by atoms with Gasteiger partial charge in [-0.1, -0.05) is 5.57 Å². The summed E-state index contributed by atoms with van der Waals surface area (Å²) in [6.07, 6.45) is 2.90. The second-order valence-corrected chi connectivity index (χ2v) is 2.89. The van der Waals surface area contributed by atoms with Crippen LogP contribution in [-0.4, -0.2) is 11.7 Å². The fraction of sp³-hybridized carbons (Fsp3) is 0.500. The van der Waals surface area contributed by atoms with Crippen molar-refractivity contribution in [3.05, 3.63) is 11.6 Å². The summed E-state index contributed by atoms with van der Waals surface area (Å²) in [5.74, 6) is -1.21. The SMILES string of the molecule is CC1=CC(=O)C(C(N)=O)CC1. The Balaban J connectivity index is 2.76. The van der Waals surface area contributed by atoms with Gasteiger partial charge >= 0.3 is 0 Å². The summed E-state index contributed by atoms with van der Waals surface area (Å²) in [6, 6.07) is 0. The predicted molar refractivity (Wildman–Crippen MR) is 40.7 cm³/mol. The minimum absolute atomic E-state index is 0.138. The van der Waals surface area contributed by atoms with Crippen molar-refractivity contribution in [3.8, 4) is 0 Å². The van der Waals surface area contributed by atoms with Gasteiger partial charge in [0.1, 0.15) is 5.92 Å². The summed E-state index contributed by atoms with van der Waals surface area (Å²) in [5.41, 5.74) is 6.05. The number of amides is 1. The van der Waals surface area contributed by atoms with Crippen LogP contribution in [0.2, 0.25) is 0 Å². The zero-order valence-corrected chi connectivity index (χ0v) is 6.46. The number of carbonyl (C=O) groups is 2. The average Bonchev–Trinajstić information content (AvgIpc) is 1.85. The zero-order valence-electron chi connectivity index (χ0n) is 6.46. The van der Waals surface area contributed by atoms with Gasteiger partial charge < -0.3 is 5.73 Å². The topological polar surface area (TPSA) is 60.2 Å². The number of hydrogen-bond donors (Lipinski definition) is 1. The van der Waals surface area contributed by atoms with E-state index in [-0.39, 0.29) is 5.78 Å². The summed E-state index contributed by atoms with van der Waals surface area (Å²) in [5, 5.41) is 0. The summed E-state index contributed by atoms with van der Waals surface area (Å²) in [7, 11) is 0. The second-order valence-electron chi connectivity index (χ2n) is 2.89. The minimum atomic E-state index is -0.571. The van der Waals surface area contributed by atoms with E-state index in [1.165, 1.54) is 6.08 Å². The number of nitrogens with two attached hydrogens (primary N) is 1. The average molecular weight is 153 g/mol. The van der Waals surface area contributed by atoms with Gasteiger partial charge in [-0.05, 0) is 25.8 Å². The fourth-order valence-electron chi connectivity index (χ4n) is 1.21. The van der Waals surface area contributed by atoms with Crippen molar-refractivity contribution in [2.45, 2.75) is 19.8 Å². The molecule has 60 valence electrons. The molecule has 0 fully saturated rings. The number of allylic oxidation sites excluding steroid dienone is 2. The van der Waals surface area contributed by atoms with E-state index in [4.69, 9.17) is 5.73 Å². The molecule has 0 heterocycles. The Hall–Kier alpha value is -1.12. The Morgan fingerprint density at radius 2 is 2.36 bits per heavy atom. The van der Waals surface area contributed by atoms with E-state index in [1.54, 1.807) is 0 Å². The third kappa shape index (κ3) is 1.67. The van der Waals surface area contributed by atoms with E-state index in [9.17, 15) is 9.59 Å². The molecule has 0 saturated carbocycles. The smallest absolute Gasteiger partial charge is 0.228 e. The first-order valence-electron chi connectivity index (χ1n) is 3.61. The van der Waals surface area contributed by atoms with Crippen molar-refractivity contribution in [2.24, 2.45) is 11.7 Å². The highest BCUT2D eigenvalue weighted by molar-refractivity contribution is 6.07. The van der Waals surface area contributed by atoms with Crippen LogP contribution in [0, 0.1) is 5.92 Å². The molecule has 1 aliphatic rings. The normalized spacial score (nSPS) is 24.6. The van der Waals surface area contributed by atoms with Crippen LogP contribution < -0.4 is 5.73 Å². The molecule has 11 heavy (non-hydrogen) atoms. The van der Waals surface area contributed by atoms with E-state index in [0.29, 0.717) is 6.42 Å². The molecule has 3 heteroatoms. The maximum atomic E-state index is 11.1. The standard InChI is InChI=1S/C8H11NO2/c1-5-2-3-6(8(9)11)7(10)4-5/h4,6H,2-3H2,1H3,(H2,9,11). The Morgan fingerprint density at radius 1 is 1.73 bits per heavy atom. The van der Waals surface area contributed by atoms with E-state index in [0.717, 1.165) is 12.0 Å². The molecule has 0 saturated heterocycles. The maximum absolute atomic E-state index is 11.1. The Bertz CT molecular complexity index is 230. The number of rotatable bonds is 1. The first kappa shape index (κ1) is 7.98. The number of ketones is 1. The lowest BCUT2D eigenvalue weighted by atomic mass is 9.89. The van der Waals surface area contributed by atoms with E-state index in [1.807, 2.05) is 6.92 Å². The molecule has 0 aromatic rings. The van der Waals surface area contributed by atoms with Crippen molar-refractivity contribution in [3.63, 3.8) is 0 Å². The highest BCUT2D eigenvalue weighted by Crippen LogP contribution is 2.19. The molecular weight excluding hydrogens is 142 g/mol. The van der Waals surface area contributed by atoms with Gasteiger partial charge in [0.2, 0.25) is 5.91 Å². The Labute approximate surface area is 65.3 Å². The lowest BCUT2D eigenvalue weighted by Gasteiger charge is -2.15. The predicted octanol–water partition coefficient (Wildman–Crippen LogP) is 0.397. The van der Waals surface area contributed by atoms with Crippen molar-refractivity contribution in [1.29, 1.82) is 0 Å². The van der Waals surface area contributed by atoms with Gasteiger partial charge in [-0.15, -0.1) is 0 Å². The molecule has 0 aromatic heterocycles. The molecular formula is C8H11NO2. The molecule has 1 unspecified atom stereocenters. The van der Waals surface area contributed by atoms with E-state index in [2.05, 4.69) is 0 Å². The molecule has 1 amide bonds. The van der Waals surface area contributed by atoms with Crippen LogP contribution in [0.4, 0.5) is 0 Å². The van der Waals surface area contributed by atoms with Crippen molar-refractivity contribution < 1.29 is 9.59 Å². The van der Waals surface area contributed by atoms with Crippen molar-refractivity contribution in [2.75, 3.05) is 0 Å². The lowest BCUT2D eigenvalue weighted by molar-refractivity contribution is -0.130. The molecule has 0 aliphatic heterocycles. The molecule has 0 bridgehead atoms. The molecule has 1 aliphatic carbocycles. The Kier molecular flexibility index (Phi) is 2.08. The Morgan fingerprint density at radius 3 is 2.82 bits per heavy atom. The monoisotopic (exact) mass is 153 g/mol. The van der Waals surface area contributed by atoms with Gasteiger partial charge in [-0.2, -0.15) is 0 Å². The first-order valence-corrected chi connectivity index (χ1v) is 3.61. The van der Waals surface area contributed by atoms with E-state index < -0.39 is 11.8 Å². The molecule has 2 N–H and O–H groups in total. The van der Waals surface area contributed by atoms with Crippen molar-refractivity contribution in [1.82, 2.24) is 0 Å². The molecule has 1 atom stereocenters. The van der Waals surface area contributed by atoms with Crippen LogP contribution in [0.15, 0.2) is 11.6 Å². The molecule has 0 aromatic carbocycles. The largest absolute Gasteiger partial charge is 0.369 e. The number of primary amides is 1. The van der Waals surface area contributed by atoms with Crippen molar-refractivity contribution >= 4 is 11.7 Å². The van der Waals surface area contributed by atoms with Gasteiger partial charge in [-0.3, -0.25) is 9.59 Å². The van der Waals surface area contributed by atoms with Gasteiger partial charge in [0.05, 0.1) is 0 Å². The molecule has 3 nitrogen and oxygen atoms in total. The third-order valence-electron chi connectivity index (χ3n) is 1.90. The summed E-state index contributed by atoms with van der Waals surface area (Å²) < 4.78 is 0. The maximum Gasteiger partial charge on any atom is 0.228 e. The highest BCUT2D eigenvalue weighted by atomic mass is 16.2. The molecule has 0 radical (unpaired) electrons. The third-order valence-corrected chi connectivity index (χ3v) is 1.90. The number of hydrogen-bond acceptors (Lipinski definition) is 2. The van der Waals surface area contributed by atoms with Crippen LogP contribution in [-0.2, 0) is 9.59 Å². The van der Waals surface area contributed by atoms with Gasteiger partial charge in [0.15, 0.2) is 5.78 Å². The fourth-order valence-corrected chi connectivity index (χ4v) is 1.21. The van der Waals surface area contributed by atoms with Gasteiger partial charge in [0, 0.05) is 0 Å². The summed E-state index contributed by atoms with van der Waals surface area (Å²) >= 11 is 0. The summed E-state index contributed by atoms with van der Waals surface area (Å²) in [4.78, 5) is 21.7. The van der Waals surface area contributed by atoms with Crippen LogP contribution in [0.1, 0.15) is 19.8 Å². The molecule has 1 rings (SSSR count). The van der Waals surface area contributed by atoms with Gasteiger partial charge in [-0.25, -0.2) is 0 Å². The second kappa shape index (κ2) is 2.86. The van der Waals surface area contributed by atoms with Crippen LogP contribution in [0.5, 0.6) is 0 Å². The van der Waals surface area contributed by atoms with Crippen LogP contribution >= 0.6 is 0 Å². The number of carbonyl (C=O) groups excluding carboxylic acids is 2. The molecule has 0 spiro atoms. The lowest BCUT2D eigenvalue weighted by Crippen LogP contribution is -2.31. The van der Waals surface area contributed by atoms with Gasteiger partial charge in [0.25, 0.3) is 0 Å². The zero-order chi connectivity index (χ0) is 8.43. The quantitative estimate of drug-likeness (QED) is 0.554. The first-order chi connectivity index (χ1) is 5.11.